The Labute approximate surface area is 155 Å². The molecule has 0 bridgehead atoms. The Morgan fingerprint density at radius 2 is 2.08 bits per heavy atom. The van der Waals surface area contributed by atoms with Crippen molar-refractivity contribution in [1.82, 2.24) is 20.1 Å². The fourth-order valence-corrected chi connectivity index (χ4v) is 3.15. The summed E-state index contributed by atoms with van der Waals surface area (Å²) < 4.78 is 14.7. The lowest BCUT2D eigenvalue weighted by atomic mass is 10.2. The van der Waals surface area contributed by atoms with Crippen LogP contribution in [0.3, 0.4) is 0 Å². The molecule has 0 aliphatic rings. The Balaban J connectivity index is 1.46. The molecule has 1 aromatic carbocycles. The highest BCUT2D eigenvalue weighted by Crippen LogP contribution is 2.18. The van der Waals surface area contributed by atoms with Crippen LogP contribution in [0.1, 0.15) is 5.69 Å². The maximum absolute atomic E-state index is 12.9. The van der Waals surface area contributed by atoms with E-state index in [1.54, 1.807) is 24.5 Å². The molecule has 1 N–H and O–H groups in total. The van der Waals surface area contributed by atoms with Crippen molar-refractivity contribution in [2.24, 2.45) is 0 Å². The number of pyridine rings is 1. The van der Waals surface area contributed by atoms with Crippen LogP contribution in [0, 0.1) is 12.7 Å². The second-order valence-corrected chi connectivity index (χ2v) is 6.78. The molecular weight excluding hydrogens is 351 g/mol. The van der Waals surface area contributed by atoms with Crippen molar-refractivity contribution in [3.05, 3.63) is 66.4 Å². The van der Waals surface area contributed by atoms with Crippen LogP contribution in [0.5, 0.6) is 0 Å². The van der Waals surface area contributed by atoms with Gasteiger partial charge in [-0.3, -0.25) is 14.5 Å². The van der Waals surface area contributed by atoms with E-state index in [9.17, 15) is 9.18 Å². The second kappa shape index (κ2) is 8.62. The normalized spacial score (nSPS) is 10.7. The lowest BCUT2D eigenvalue weighted by Crippen LogP contribution is -2.29. The maximum atomic E-state index is 12.9. The van der Waals surface area contributed by atoms with Crippen LogP contribution < -0.4 is 5.32 Å². The third kappa shape index (κ3) is 4.92. The van der Waals surface area contributed by atoms with Gasteiger partial charge in [-0.05, 0) is 49.4 Å². The van der Waals surface area contributed by atoms with E-state index in [-0.39, 0.29) is 11.7 Å². The minimum Gasteiger partial charge on any atom is -0.354 e. The van der Waals surface area contributed by atoms with E-state index in [0.29, 0.717) is 18.8 Å². The van der Waals surface area contributed by atoms with E-state index in [1.807, 2.05) is 29.8 Å². The van der Waals surface area contributed by atoms with Crippen LogP contribution >= 0.6 is 11.8 Å². The summed E-state index contributed by atoms with van der Waals surface area (Å²) in [5, 5.41) is 7.45. The number of aryl methyl sites for hydroxylation is 1. The van der Waals surface area contributed by atoms with Crippen molar-refractivity contribution in [3.8, 4) is 11.3 Å². The zero-order valence-corrected chi connectivity index (χ0v) is 15.2. The van der Waals surface area contributed by atoms with Crippen LogP contribution in [0.4, 0.5) is 4.39 Å². The van der Waals surface area contributed by atoms with E-state index >= 15 is 0 Å². The van der Waals surface area contributed by atoms with E-state index in [2.05, 4.69) is 15.4 Å². The molecule has 0 saturated heterocycles. The Bertz CT molecular complexity index is 865. The van der Waals surface area contributed by atoms with E-state index in [1.165, 1.54) is 23.9 Å². The number of aromatic nitrogens is 3. The summed E-state index contributed by atoms with van der Waals surface area (Å²) in [6.07, 6.45) is 3.51. The standard InChI is InChI=1S/C19H19FN4OS/c1-14-11-18(15-3-2-8-21-12-15)23-24(14)10-9-22-19(25)13-26-17-6-4-16(20)5-7-17/h2-8,11-12H,9-10,13H2,1H3,(H,22,25). The van der Waals surface area contributed by atoms with Gasteiger partial charge in [-0.25, -0.2) is 4.39 Å². The number of benzene rings is 1. The Morgan fingerprint density at radius 1 is 1.27 bits per heavy atom. The molecule has 2 aromatic heterocycles. The first-order valence-electron chi connectivity index (χ1n) is 8.22. The number of halogens is 1. The molecule has 3 rings (SSSR count). The number of nitrogens with one attached hydrogen (secondary N) is 1. The molecule has 26 heavy (non-hydrogen) atoms. The summed E-state index contributed by atoms with van der Waals surface area (Å²) >= 11 is 1.38. The van der Waals surface area contributed by atoms with Crippen molar-refractivity contribution in [2.45, 2.75) is 18.4 Å². The lowest BCUT2D eigenvalue weighted by molar-refractivity contribution is -0.118. The van der Waals surface area contributed by atoms with Crippen molar-refractivity contribution in [1.29, 1.82) is 0 Å². The molecule has 134 valence electrons. The molecule has 1 amide bonds. The molecule has 0 unspecified atom stereocenters. The molecular formula is C19H19FN4OS. The van der Waals surface area contributed by atoms with Crippen LogP contribution in [0.2, 0.25) is 0 Å². The largest absolute Gasteiger partial charge is 0.354 e. The van der Waals surface area contributed by atoms with Crippen molar-refractivity contribution < 1.29 is 9.18 Å². The summed E-state index contributed by atoms with van der Waals surface area (Å²) in [5.41, 5.74) is 2.86. The van der Waals surface area contributed by atoms with Crippen molar-refractivity contribution in [2.75, 3.05) is 12.3 Å². The van der Waals surface area contributed by atoms with Crippen LogP contribution in [0.15, 0.2) is 59.8 Å². The van der Waals surface area contributed by atoms with Gasteiger partial charge in [-0.1, -0.05) is 0 Å². The first kappa shape index (κ1) is 18.1. The van der Waals surface area contributed by atoms with Gasteiger partial charge in [0.2, 0.25) is 5.91 Å². The lowest BCUT2D eigenvalue weighted by Gasteiger charge is -2.07. The zero-order chi connectivity index (χ0) is 18.4. The summed E-state index contributed by atoms with van der Waals surface area (Å²) in [6.45, 7) is 3.08. The summed E-state index contributed by atoms with van der Waals surface area (Å²) in [7, 11) is 0. The molecule has 2 heterocycles. The van der Waals surface area contributed by atoms with Crippen LogP contribution in [-0.4, -0.2) is 33.0 Å². The molecule has 0 atom stereocenters. The third-order valence-electron chi connectivity index (χ3n) is 3.77. The first-order valence-corrected chi connectivity index (χ1v) is 9.20. The highest BCUT2D eigenvalue weighted by atomic mass is 32.2. The quantitative estimate of drug-likeness (QED) is 0.648. The fourth-order valence-electron chi connectivity index (χ4n) is 2.42. The van der Waals surface area contributed by atoms with Crippen LogP contribution in [-0.2, 0) is 11.3 Å². The number of carbonyl (C=O) groups is 1. The minimum absolute atomic E-state index is 0.0587. The third-order valence-corrected chi connectivity index (χ3v) is 4.78. The topological polar surface area (TPSA) is 59.8 Å². The maximum Gasteiger partial charge on any atom is 0.230 e. The van der Waals surface area contributed by atoms with Gasteiger partial charge in [-0.2, -0.15) is 5.10 Å². The van der Waals surface area contributed by atoms with Crippen LogP contribution in [0.25, 0.3) is 11.3 Å². The summed E-state index contributed by atoms with van der Waals surface area (Å²) in [5.74, 6) is -0.0411. The number of amides is 1. The van der Waals surface area contributed by atoms with Crippen molar-refractivity contribution in [3.63, 3.8) is 0 Å². The average Bonchev–Trinajstić information content (AvgIpc) is 3.03. The molecule has 0 radical (unpaired) electrons. The number of hydrogen-bond acceptors (Lipinski definition) is 4. The monoisotopic (exact) mass is 370 g/mol. The molecule has 0 aliphatic heterocycles. The van der Waals surface area contributed by atoms with Gasteiger partial charge in [0.05, 0.1) is 18.0 Å². The Hall–Kier alpha value is -2.67. The number of carbonyl (C=O) groups excluding carboxylic acids is 1. The van der Waals surface area contributed by atoms with Gasteiger partial charge in [0.1, 0.15) is 5.82 Å². The Morgan fingerprint density at radius 3 is 2.81 bits per heavy atom. The average molecular weight is 370 g/mol. The highest BCUT2D eigenvalue weighted by Gasteiger charge is 2.07. The first-order chi connectivity index (χ1) is 12.6. The summed E-state index contributed by atoms with van der Waals surface area (Å²) in [6, 6.07) is 12.0. The van der Waals surface area contributed by atoms with Gasteiger partial charge in [0, 0.05) is 35.1 Å². The summed E-state index contributed by atoms with van der Waals surface area (Å²) in [4.78, 5) is 16.9. The van der Waals surface area contributed by atoms with Gasteiger partial charge < -0.3 is 5.32 Å². The number of hydrogen-bond donors (Lipinski definition) is 1. The van der Waals surface area contributed by atoms with E-state index in [4.69, 9.17) is 0 Å². The smallest absolute Gasteiger partial charge is 0.230 e. The SMILES string of the molecule is Cc1cc(-c2cccnc2)nn1CCNC(=O)CSc1ccc(F)cc1. The molecule has 0 saturated carbocycles. The molecule has 7 heteroatoms. The Kier molecular flexibility index (Phi) is 6.01. The molecule has 0 spiro atoms. The minimum atomic E-state index is -0.279. The van der Waals surface area contributed by atoms with Gasteiger partial charge in [0.15, 0.2) is 0 Å². The van der Waals surface area contributed by atoms with E-state index < -0.39 is 0 Å². The predicted molar refractivity (Wildman–Crippen MR) is 100 cm³/mol. The number of thioether (sulfide) groups is 1. The highest BCUT2D eigenvalue weighted by molar-refractivity contribution is 8.00. The predicted octanol–water partition coefficient (Wildman–Crippen LogP) is 3.30. The van der Waals surface area contributed by atoms with E-state index in [0.717, 1.165) is 21.8 Å². The van der Waals surface area contributed by atoms with Crippen molar-refractivity contribution >= 4 is 17.7 Å². The second-order valence-electron chi connectivity index (χ2n) is 5.73. The molecule has 0 fully saturated rings. The molecule has 5 nitrogen and oxygen atoms in total. The molecule has 3 aromatic rings. The molecule has 0 aliphatic carbocycles. The fraction of sp³-hybridized carbons (Fsp3) is 0.211. The number of nitrogens with zero attached hydrogens (tertiary/aromatic N) is 3. The number of rotatable bonds is 7. The van der Waals surface area contributed by atoms with Gasteiger partial charge in [-0.15, -0.1) is 11.8 Å². The van der Waals surface area contributed by atoms with Gasteiger partial charge in [0.25, 0.3) is 0 Å². The zero-order valence-electron chi connectivity index (χ0n) is 14.4. The van der Waals surface area contributed by atoms with Gasteiger partial charge >= 0.3 is 0 Å².